The minimum Gasteiger partial charge on any atom is -0.384 e. The standard InChI is InChI=1S/C19H21ClN2O2/c1-24-13-16-11-22(12-18(16)15-6-8-21-9-7-15)19(23)10-14-2-4-17(20)5-3-14/h2-9,16,18H,10-13H2,1H3/t16-,18-/m0/s1. The van der Waals surface area contributed by atoms with Gasteiger partial charge in [0.05, 0.1) is 13.0 Å². The number of aromatic nitrogens is 1. The van der Waals surface area contributed by atoms with E-state index in [9.17, 15) is 4.79 Å². The molecule has 0 unspecified atom stereocenters. The Balaban J connectivity index is 1.70. The lowest BCUT2D eigenvalue weighted by atomic mass is 9.90. The molecule has 0 aliphatic carbocycles. The van der Waals surface area contributed by atoms with E-state index in [0.29, 0.717) is 29.9 Å². The maximum absolute atomic E-state index is 12.7. The van der Waals surface area contributed by atoms with Gasteiger partial charge >= 0.3 is 0 Å². The molecule has 1 aromatic heterocycles. The van der Waals surface area contributed by atoms with Crippen LogP contribution < -0.4 is 0 Å². The van der Waals surface area contributed by atoms with E-state index >= 15 is 0 Å². The Hall–Kier alpha value is -1.91. The Labute approximate surface area is 147 Å². The predicted octanol–water partition coefficient (Wildman–Crippen LogP) is 3.17. The van der Waals surface area contributed by atoms with Crippen molar-refractivity contribution in [3.8, 4) is 0 Å². The van der Waals surface area contributed by atoms with Gasteiger partial charge < -0.3 is 9.64 Å². The Bertz CT molecular complexity index is 676. The van der Waals surface area contributed by atoms with Crippen LogP contribution in [0.1, 0.15) is 17.0 Å². The van der Waals surface area contributed by atoms with E-state index in [1.54, 1.807) is 19.5 Å². The average Bonchev–Trinajstić information content (AvgIpc) is 3.02. The SMILES string of the molecule is COC[C@@H]1CN(C(=O)Cc2ccc(Cl)cc2)C[C@H]1c1ccncc1. The fourth-order valence-electron chi connectivity index (χ4n) is 3.33. The van der Waals surface area contributed by atoms with Crippen molar-refractivity contribution in [3.05, 3.63) is 64.9 Å². The van der Waals surface area contributed by atoms with Crippen LogP contribution in [0.3, 0.4) is 0 Å². The second-order valence-electron chi connectivity index (χ2n) is 6.20. The quantitative estimate of drug-likeness (QED) is 0.836. The van der Waals surface area contributed by atoms with Crippen LogP contribution in [0.2, 0.25) is 5.02 Å². The molecule has 2 aromatic rings. The molecule has 0 bridgehead atoms. The molecule has 1 aliphatic rings. The Morgan fingerprint density at radius 3 is 2.58 bits per heavy atom. The summed E-state index contributed by atoms with van der Waals surface area (Å²) in [5, 5.41) is 0.685. The maximum atomic E-state index is 12.7. The van der Waals surface area contributed by atoms with Crippen molar-refractivity contribution in [1.82, 2.24) is 9.88 Å². The van der Waals surface area contributed by atoms with Gasteiger partial charge in [-0.2, -0.15) is 0 Å². The number of methoxy groups -OCH3 is 1. The van der Waals surface area contributed by atoms with Crippen molar-refractivity contribution in [2.24, 2.45) is 5.92 Å². The molecule has 24 heavy (non-hydrogen) atoms. The second kappa shape index (κ2) is 7.77. The van der Waals surface area contributed by atoms with E-state index in [0.717, 1.165) is 18.7 Å². The largest absolute Gasteiger partial charge is 0.384 e. The van der Waals surface area contributed by atoms with Gasteiger partial charge in [-0.15, -0.1) is 0 Å². The predicted molar refractivity (Wildman–Crippen MR) is 94.1 cm³/mol. The number of hydrogen-bond acceptors (Lipinski definition) is 3. The molecule has 4 nitrogen and oxygen atoms in total. The van der Waals surface area contributed by atoms with Crippen LogP contribution in [0.5, 0.6) is 0 Å². The second-order valence-corrected chi connectivity index (χ2v) is 6.64. The summed E-state index contributed by atoms with van der Waals surface area (Å²) in [6.45, 7) is 2.11. The third-order valence-electron chi connectivity index (χ3n) is 4.58. The van der Waals surface area contributed by atoms with Gasteiger partial charge in [-0.05, 0) is 35.4 Å². The van der Waals surface area contributed by atoms with E-state index in [4.69, 9.17) is 16.3 Å². The summed E-state index contributed by atoms with van der Waals surface area (Å²) in [7, 11) is 1.71. The molecule has 3 rings (SSSR count). The highest BCUT2D eigenvalue weighted by Crippen LogP contribution is 2.33. The van der Waals surface area contributed by atoms with Gasteiger partial charge in [0, 0.05) is 49.5 Å². The molecule has 5 heteroatoms. The molecule has 0 saturated carbocycles. The molecule has 2 atom stereocenters. The molecular formula is C19H21ClN2O2. The first-order valence-electron chi connectivity index (χ1n) is 8.08. The Kier molecular flexibility index (Phi) is 5.48. The van der Waals surface area contributed by atoms with Crippen molar-refractivity contribution < 1.29 is 9.53 Å². The van der Waals surface area contributed by atoms with Crippen LogP contribution in [0.4, 0.5) is 0 Å². The van der Waals surface area contributed by atoms with Gasteiger partial charge in [0.2, 0.25) is 5.91 Å². The summed E-state index contributed by atoms with van der Waals surface area (Å²) in [4.78, 5) is 18.7. The summed E-state index contributed by atoms with van der Waals surface area (Å²) in [5.74, 6) is 0.753. The van der Waals surface area contributed by atoms with Crippen molar-refractivity contribution in [1.29, 1.82) is 0 Å². The first-order chi connectivity index (χ1) is 11.7. The first kappa shape index (κ1) is 16.9. The number of likely N-dealkylation sites (tertiary alicyclic amines) is 1. The minimum absolute atomic E-state index is 0.148. The van der Waals surface area contributed by atoms with Gasteiger partial charge in [-0.3, -0.25) is 9.78 Å². The normalized spacial score (nSPS) is 20.3. The van der Waals surface area contributed by atoms with E-state index in [1.807, 2.05) is 41.3 Å². The molecule has 1 amide bonds. The summed E-state index contributed by atoms with van der Waals surface area (Å²) >= 11 is 5.90. The Morgan fingerprint density at radius 2 is 1.92 bits per heavy atom. The number of pyridine rings is 1. The number of ether oxygens (including phenoxy) is 1. The van der Waals surface area contributed by atoms with Crippen LogP contribution in [0.25, 0.3) is 0 Å². The van der Waals surface area contributed by atoms with Crippen LogP contribution in [-0.2, 0) is 16.0 Å². The van der Waals surface area contributed by atoms with Gasteiger partial charge in [-0.25, -0.2) is 0 Å². The summed E-state index contributed by atoms with van der Waals surface area (Å²) in [5.41, 5.74) is 2.20. The molecule has 1 aromatic carbocycles. The zero-order valence-corrected chi connectivity index (χ0v) is 14.4. The monoisotopic (exact) mass is 344 g/mol. The van der Waals surface area contributed by atoms with Crippen LogP contribution in [-0.4, -0.2) is 42.6 Å². The fraction of sp³-hybridized carbons (Fsp3) is 0.368. The number of amides is 1. The molecule has 0 radical (unpaired) electrons. The number of halogens is 1. The lowest BCUT2D eigenvalue weighted by Crippen LogP contribution is -2.30. The number of nitrogens with zero attached hydrogens (tertiary/aromatic N) is 2. The molecule has 1 fully saturated rings. The molecule has 0 N–H and O–H groups in total. The third kappa shape index (κ3) is 3.94. The van der Waals surface area contributed by atoms with Crippen LogP contribution in [0, 0.1) is 5.92 Å². The fourth-order valence-corrected chi connectivity index (χ4v) is 3.46. The molecule has 0 spiro atoms. The number of hydrogen-bond donors (Lipinski definition) is 0. The van der Waals surface area contributed by atoms with Crippen molar-refractivity contribution >= 4 is 17.5 Å². The zero-order valence-electron chi connectivity index (χ0n) is 13.7. The van der Waals surface area contributed by atoms with Crippen molar-refractivity contribution in [2.45, 2.75) is 12.3 Å². The van der Waals surface area contributed by atoms with Gasteiger partial charge in [0.15, 0.2) is 0 Å². The van der Waals surface area contributed by atoms with Gasteiger partial charge in [0.25, 0.3) is 0 Å². The zero-order chi connectivity index (χ0) is 16.9. The highest BCUT2D eigenvalue weighted by atomic mass is 35.5. The number of rotatable bonds is 5. The average molecular weight is 345 g/mol. The lowest BCUT2D eigenvalue weighted by molar-refractivity contribution is -0.129. The van der Waals surface area contributed by atoms with Crippen LogP contribution in [0.15, 0.2) is 48.8 Å². The van der Waals surface area contributed by atoms with E-state index in [1.165, 1.54) is 5.56 Å². The van der Waals surface area contributed by atoms with E-state index < -0.39 is 0 Å². The molecule has 126 valence electrons. The maximum Gasteiger partial charge on any atom is 0.227 e. The van der Waals surface area contributed by atoms with E-state index in [-0.39, 0.29) is 5.91 Å². The molecule has 1 aliphatic heterocycles. The summed E-state index contributed by atoms with van der Waals surface area (Å²) in [6, 6.07) is 11.5. The van der Waals surface area contributed by atoms with Crippen molar-refractivity contribution in [3.63, 3.8) is 0 Å². The van der Waals surface area contributed by atoms with Gasteiger partial charge in [-0.1, -0.05) is 23.7 Å². The smallest absolute Gasteiger partial charge is 0.227 e. The third-order valence-corrected chi connectivity index (χ3v) is 4.83. The summed E-state index contributed by atoms with van der Waals surface area (Å²) in [6.07, 6.45) is 4.01. The van der Waals surface area contributed by atoms with E-state index in [2.05, 4.69) is 4.98 Å². The first-order valence-corrected chi connectivity index (χ1v) is 8.46. The Morgan fingerprint density at radius 1 is 1.21 bits per heavy atom. The highest BCUT2D eigenvalue weighted by Gasteiger charge is 2.35. The number of carbonyl (C=O) groups is 1. The summed E-state index contributed by atoms with van der Waals surface area (Å²) < 4.78 is 5.37. The topological polar surface area (TPSA) is 42.4 Å². The number of benzene rings is 1. The number of carbonyl (C=O) groups excluding carboxylic acids is 1. The molecule has 1 saturated heterocycles. The van der Waals surface area contributed by atoms with Crippen LogP contribution >= 0.6 is 11.6 Å². The van der Waals surface area contributed by atoms with Gasteiger partial charge in [0.1, 0.15) is 0 Å². The highest BCUT2D eigenvalue weighted by molar-refractivity contribution is 6.30. The minimum atomic E-state index is 0.148. The van der Waals surface area contributed by atoms with Crippen molar-refractivity contribution in [2.75, 3.05) is 26.8 Å². The lowest BCUT2D eigenvalue weighted by Gasteiger charge is -2.17. The molecular weight excluding hydrogens is 324 g/mol. The molecule has 2 heterocycles.